The fourth-order valence-electron chi connectivity index (χ4n) is 1.59. The Morgan fingerprint density at radius 2 is 1.68 bits per heavy atom. The zero-order chi connectivity index (χ0) is 12.8. The maximum atomic E-state index is 11.9. The second-order valence-electron chi connectivity index (χ2n) is 3.78. The predicted molar refractivity (Wildman–Crippen MR) is 87.4 cm³/mol. The van der Waals surface area contributed by atoms with E-state index in [0.29, 0.717) is 12.2 Å². The number of carbonyl (C=O) groups is 1. The van der Waals surface area contributed by atoms with Gasteiger partial charge in [-0.25, -0.2) is 0 Å². The van der Waals surface area contributed by atoms with E-state index in [0.717, 1.165) is 11.4 Å². The summed E-state index contributed by atoms with van der Waals surface area (Å²) in [5.41, 5.74) is 1.40. The molecule has 2 aromatic carbocycles. The quantitative estimate of drug-likeness (QED) is 0.829. The van der Waals surface area contributed by atoms with E-state index in [1.165, 1.54) is 0 Å². The Labute approximate surface area is 130 Å². The summed E-state index contributed by atoms with van der Waals surface area (Å²) in [5.74, 6) is 0.690. The topological polar surface area (TPSA) is 38.3 Å². The lowest BCUT2D eigenvalue weighted by atomic mass is 10.2. The number of ether oxygens (including phenoxy) is 1. The van der Waals surface area contributed by atoms with Gasteiger partial charge in [-0.3, -0.25) is 4.79 Å². The summed E-state index contributed by atoms with van der Waals surface area (Å²) >= 11 is 0. The van der Waals surface area contributed by atoms with E-state index in [4.69, 9.17) is 4.74 Å². The summed E-state index contributed by atoms with van der Waals surface area (Å²) in [6, 6.07) is 16.5. The van der Waals surface area contributed by atoms with Crippen LogP contribution in [0.5, 0.6) is 5.75 Å². The largest absolute Gasteiger partial charge is 0.494 e. The van der Waals surface area contributed by atoms with E-state index in [1.54, 1.807) is 12.1 Å². The van der Waals surface area contributed by atoms with Crippen molar-refractivity contribution >= 4 is 35.6 Å². The number of nitrogens with one attached hydrogen (secondary N) is 1. The summed E-state index contributed by atoms with van der Waals surface area (Å²) in [6.45, 7) is 2.57. The zero-order valence-corrected chi connectivity index (χ0v) is 13.0. The Bertz CT molecular complexity index is 511. The van der Waals surface area contributed by atoms with Crippen molar-refractivity contribution in [2.75, 3.05) is 11.9 Å². The van der Waals surface area contributed by atoms with Crippen LogP contribution in [0.1, 0.15) is 17.3 Å². The molecule has 0 bridgehead atoms. The van der Waals surface area contributed by atoms with Crippen LogP contribution in [0.3, 0.4) is 0 Å². The Kier molecular flexibility index (Phi) is 6.35. The van der Waals surface area contributed by atoms with Gasteiger partial charge >= 0.3 is 0 Å². The molecule has 4 heteroatoms. The molecular weight excluding hydrogens is 353 g/mol. The summed E-state index contributed by atoms with van der Waals surface area (Å²) in [5, 5.41) is 2.83. The number of hydrogen-bond acceptors (Lipinski definition) is 2. The molecule has 2 rings (SSSR count). The minimum atomic E-state index is -0.111. The fraction of sp³-hybridized carbons (Fsp3) is 0.133. The first-order valence-corrected chi connectivity index (χ1v) is 5.89. The van der Waals surface area contributed by atoms with Gasteiger partial charge in [0.1, 0.15) is 5.75 Å². The molecule has 100 valence electrons. The van der Waals surface area contributed by atoms with Crippen LogP contribution in [-0.4, -0.2) is 12.5 Å². The smallest absolute Gasteiger partial charge is 0.255 e. The average Bonchev–Trinajstić information content (AvgIpc) is 2.42. The molecule has 0 aromatic heterocycles. The summed E-state index contributed by atoms with van der Waals surface area (Å²) in [6.07, 6.45) is 0. The molecule has 1 N–H and O–H groups in total. The van der Waals surface area contributed by atoms with Gasteiger partial charge in [-0.2, -0.15) is 0 Å². The molecule has 0 aliphatic rings. The fourth-order valence-corrected chi connectivity index (χ4v) is 1.59. The molecule has 19 heavy (non-hydrogen) atoms. The van der Waals surface area contributed by atoms with Crippen molar-refractivity contribution in [3.05, 3.63) is 60.2 Å². The predicted octanol–water partition coefficient (Wildman–Crippen LogP) is 3.96. The van der Waals surface area contributed by atoms with E-state index >= 15 is 0 Å². The van der Waals surface area contributed by atoms with Gasteiger partial charge in [0.25, 0.3) is 5.91 Å². The Balaban J connectivity index is 0.00000180. The van der Waals surface area contributed by atoms with Gasteiger partial charge in [0, 0.05) is 11.3 Å². The van der Waals surface area contributed by atoms with Gasteiger partial charge in [-0.1, -0.05) is 18.2 Å². The second kappa shape index (κ2) is 7.78. The van der Waals surface area contributed by atoms with Crippen LogP contribution in [0.15, 0.2) is 54.6 Å². The van der Waals surface area contributed by atoms with Gasteiger partial charge in [-0.15, -0.1) is 24.0 Å². The Morgan fingerprint density at radius 1 is 1.05 bits per heavy atom. The molecular formula is C15H16INO2. The van der Waals surface area contributed by atoms with Crippen molar-refractivity contribution in [1.29, 1.82) is 0 Å². The van der Waals surface area contributed by atoms with Crippen LogP contribution in [-0.2, 0) is 0 Å². The molecule has 0 radical (unpaired) electrons. The van der Waals surface area contributed by atoms with Crippen LogP contribution in [0.25, 0.3) is 0 Å². The zero-order valence-electron chi connectivity index (χ0n) is 10.6. The lowest BCUT2D eigenvalue weighted by molar-refractivity contribution is 0.102. The number of hydrogen-bond donors (Lipinski definition) is 1. The number of amides is 1. The molecule has 0 unspecified atom stereocenters. The molecule has 0 heterocycles. The summed E-state index contributed by atoms with van der Waals surface area (Å²) in [4.78, 5) is 11.9. The standard InChI is InChI=1S/C15H15NO2.HI/c1-2-18-14-10-8-13(9-11-14)16-15(17)12-6-4-3-5-7-12;/h3-11H,2H2,1H3,(H,16,17);1H. The van der Waals surface area contributed by atoms with E-state index in [-0.39, 0.29) is 29.9 Å². The van der Waals surface area contributed by atoms with Crippen LogP contribution in [0.2, 0.25) is 0 Å². The van der Waals surface area contributed by atoms with E-state index in [1.807, 2.05) is 49.4 Å². The Morgan fingerprint density at radius 3 is 2.26 bits per heavy atom. The van der Waals surface area contributed by atoms with Crippen molar-refractivity contribution in [2.45, 2.75) is 6.92 Å². The first kappa shape index (κ1) is 15.5. The molecule has 2 aromatic rings. The first-order chi connectivity index (χ1) is 8.79. The molecule has 0 saturated carbocycles. The maximum Gasteiger partial charge on any atom is 0.255 e. The molecule has 0 aliphatic carbocycles. The highest BCUT2D eigenvalue weighted by Gasteiger charge is 2.04. The molecule has 1 amide bonds. The average molecular weight is 369 g/mol. The van der Waals surface area contributed by atoms with Gasteiger partial charge < -0.3 is 10.1 Å². The second-order valence-corrected chi connectivity index (χ2v) is 3.78. The van der Waals surface area contributed by atoms with Gasteiger partial charge in [0.05, 0.1) is 6.61 Å². The van der Waals surface area contributed by atoms with E-state index in [2.05, 4.69) is 5.32 Å². The monoisotopic (exact) mass is 369 g/mol. The van der Waals surface area contributed by atoms with Crippen LogP contribution < -0.4 is 10.1 Å². The normalized spacial score (nSPS) is 9.32. The van der Waals surface area contributed by atoms with Crippen molar-refractivity contribution in [3.8, 4) is 5.75 Å². The number of anilines is 1. The highest BCUT2D eigenvalue weighted by Crippen LogP contribution is 2.16. The van der Waals surface area contributed by atoms with Crippen LogP contribution in [0.4, 0.5) is 5.69 Å². The molecule has 0 spiro atoms. The minimum Gasteiger partial charge on any atom is -0.494 e. The van der Waals surface area contributed by atoms with E-state index < -0.39 is 0 Å². The molecule has 0 saturated heterocycles. The molecule has 0 fully saturated rings. The van der Waals surface area contributed by atoms with Crippen LogP contribution in [0, 0.1) is 0 Å². The van der Waals surface area contributed by atoms with Gasteiger partial charge in [0.15, 0.2) is 0 Å². The van der Waals surface area contributed by atoms with Gasteiger partial charge in [-0.05, 0) is 43.3 Å². The third-order valence-corrected chi connectivity index (χ3v) is 2.46. The van der Waals surface area contributed by atoms with Crippen molar-refractivity contribution < 1.29 is 9.53 Å². The minimum absolute atomic E-state index is 0. The molecule has 3 nitrogen and oxygen atoms in total. The van der Waals surface area contributed by atoms with Gasteiger partial charge in [0.2, 0.25) is 0 Å². The first-order valence-electron chi connectivity index (χ1n) is 5.89. The lowest BCUT2D eigenvalue weighted by Gasteiger charge is -2.07. The van der Waals surface area contributed by atoms with Crippen molar-refractivity contribution in [3.63, 3.8) is 0 Å². The molecule has 0 aliphatic heterocycles. The summed E-state index contributed by atoms with van der Waals surface area (Å²) < 4.78 is 5.34. The third-order valence-electron chi connectivity index (χ3n) is 2.46. The SMILES string of the molecule is CCOc1ccc(NC(=O)c2ccccc2)cc1.I. The molecule has 0 atom stereocenters. The van der Waals surface area contributed by atoms with E-state index in [9.17, 15) is 4.79 Å². The Hall–Kier alpha value is -1.56. The lowest BCUT2D eigenvalue weighted by Crippen LogP contribution is -2.11. The number of carbonyl (C=O) groups excluding carboxylic acids is 1. The number of halogens is 1. The van der Waals surface area contributed by atoms with Crippen molar-refractivity contribution in [2.24, 2.45) is 0 Å². The number of benzene rings is 2. The number of rotatable bonds is 4. The van der Waals surface area contributed by atoms with Crippen LogP contribution >= 0.6 is 24.0 Å². The highest BCUT2D eigenvalue weighted by molar-refractivity contribution is 14.0. The highest BCUT2D eigenvalue weighted by atomic mass is 127. The summed E-state index contributed by atoms with van der Waals surface area (Å²) in [7, 11) is 0. The maximum absolute atomic E-state index is 11.9. The third kappa shape index (κ3) is 4.55. The van der Waals surface area contributed by atoms with Crippen molar-refractivity contribution in [1.82, 2.24) is 0 Å².